The van der Waals surface area contributed by atoms with Gasteiger partial charge in [0.15, 0.2) is 5.82 Å². The summed E-state index contributed by atoms with van der Waals surface area (Å²) in [4.78, 5) is 0. The molecule has 0 amide bonds. The van der Waals surface area contributed by atoms with Crippen LogP contribution in [0.2, 0.25) is 0 Å². The molecule has 1 aliphatic rings. The number of nitrogens with one attached hydrogen (secondary N) is 1. The highest BCUT2D eigenvalue weighted by atomic mass is 19.1. The SMILES string of the molecule is CC(F)[C@H](C)n1c(C2CCOCC2)cc2c(F)c3[nH]ncc3cc21. The van der Waals surface area contributed by atoms with E-state index in [4.69, 9.17) is 4.74 Å². The predicted octanol–water partition coefficient (Wildman–Crippen LogP) is 4.47. The normalized spacial score (nSPS) is 19.2. The van der Waals surface area contributed by atoms with Crippen LogP contribution < -0.4 is 0 Å². The Kier molecular flexibility index (Phi) is 3.79. The summed E-state index contributed by atoms with van der Waals surface area (Å²) < 4.78 is 36.5. The van der Waals surface area contributed by atoms with Gasteiger partial charge >= 0.3 is 0 Å². The summed E-state index contributed by atoms with van der Waals surface area (Å²) >= 11 is 0. The Balaban J connectivity index is 1.99. The second-order valence-corrected chi connectivity index (χ2v) is 6.70. The van der Waals surface area contributed by atoms with Crippen molar-refractivity contribution in [3.8, 4) is 0 Å². The van der Waals surface area contributed by atoms with Gasteiger partial charge in [0, 0.05) is 35.6 Å². The largest absolute Gasteiger partial charge is 0.381 e. The molecule has 0 bridgehead atoms. The zero-order chi connectivity index (χ0) is 16.8. The van der Waals surface area contributed by atoms with Crippen molar-refractivity contribution in [2.75, 3.05) is 13.2 Å². The van der Waals surface area contributed by atoms with E-state index in [0.717, 1.165) is 24.1 Å². The van der Waals surface area contributed by atoms with Gasteiger partial charge in [0.1, 0.15) is 11.7 Å². The monoisotopic (exact) mass is 333 g/mol. The summed E-state index contributed by atoms with van der Waals surface area (Å²) in [5.41, 5.74) is 2.14. The molecule has 1 N–H and O–H groups in total. The second-order valence-electron chi connectivity index (χ2n) is 6.70. The first-order chi connectivity index (χ1) is 11.6. The minimum Gasteiger partial charge on any atom is -0.381 e. The summed E-state index contributed by atoms with van der Waals surface area (Å²) in [6.07, 6.45) is 2.34. The van der Waals surface area contributed by atoms with Gasteiger partial charge in [-0.15, -0.1) is 0 Å². The van der Waals surface area contributed by atoms with E-state index >= 15 is 0 Å². The lowest BCUT2D eigenvalue weighted by molar-refractivity contribution is 0.0831. The molecule has 1 unspecified atom stereocenters. The third kappa shape index (κ3) is 2.32. The van der Waals surface area contributed by atoms with Crippen LogP contribution in [0.1, 0.15) is 44.3 Å². The minimum atomic E-state index is -1.03. The van der Waals surface area contributed by atoms with E-state index in [2.05, 4.69) is 10.2 Å². The van der Waals surface area contributed by atoms with Crippen LogP contribution in [0.15, 0.2) is 18.3 Å². The average Bonchev–Trinajstić information content (AvgIpc) is 3.20. The third-order valence-corrected chi connectivity index (χ3v) is 5.23. The first kappa shape index (κ1) is 15.6. The van der Waals surface area contributed by atoms with E-state index in [-0.39, 0.29) is 17.8 Å². The predicted molar refractivity (Wildman–Crippen MR) is 89.6 cm³/mol. The maximum atomic E-state index is 14.9. The van der Waals surface area contributed by atoms with Gasteiger partial charge in [-0.05, 0) is 38.8 Å². The number of aromatic nitrogens is 3. The lowest BCUT2D eigenvalue weighted by Crippen LogP contribution is -2.22. The molecule has 1 saturated heterocycles. The Hall–Kier alpha value is -1.95. The van der Waals surface area contributed by atoms with E-state index in [9.17, 15) is 8.78 Å². The second kappa shape index (κ2) is 5.84. The highest BCUT2D eigenvalue weighted by Gasteiger charge is 2.27. The molecule has 6 heteroatoms. The summed E-state index contributed by atoms with van der Waals surface area (Å²) in [5, 5.41) is 7.87. The molecule has 1 aromatic carbocycles. The zero-order valence-electron chi connectivity index (χ0n) is 13.9. The van der Waals surface area contributed by atoms with Crippen molar-refractivity contribution >= 4 is 21.8 Å². The Morgan fingerprint density at radius 1 is 1.29 bits per heavy atom. The number of rotatable bonds is 3. The van der Waals surface area contributed by atoms with Crippen LogP contribution in [-0.4, -0.2) is 34.1 Å². The van der Waals surface area contributed by atoms with Crippen LogP contribution in [0.25, 0.3) is 21.8 Å². The van der Waals surface area contributed by atoms with Crippen molar-refractivity contribution in [2.24, 2.45) is 0 Å². The third-order valence-electron chi connectivity index (χ3n) is 5.23. The van der Waals surface area contributed by atoms with Crippen LogP contribution in [0.3, 0.4) is 0 Å². The van der Waals surface area contributed by atoms with Crippen molar-refractivity contribution < 1.29 is 13.5 Å². The fraction of sp³-hybridized carbons (Fsp3) is 0.500. The highest BCUT2D eigenvalue weighted by molar-refractivity contribution is 5.96. The molecule has 2 aromatic heterocycles. The molecule has 4 nitrogen and oxygen atoms in total. The molecule has 0 aliphatic carbocycles. The Morgan fingerprint density at radius 2 is 2.04 bits per heavy atom. The maximum Gasteiger partial charge on any atom is 0.158 e. The smallest absolute Gasteiger partial charge is 0.158 e. The van der Waals surface area contributed by atoms with Gasteiger partial charge in [-0.25, -0.2) is 8.78 Å². The number of H-pyrrole nitrogens is 1. The number of hydrogen-bond acceptors (Lipinski definition) is 2. The van der Waals surface area contributed by atoms with Crippen molar-refractivity contribution in [1.82, 2.24) is 14.8 Å². The molecule has 0 radical (unpaired) electrons. The van der Waals surface area contributed by atoms with Gasteiger partial charge in [0.05, 0.1) is 17.8 Å². The number of benzene rings is 1. The molecule has 1 fully saturated rings. The number of aromatic amines is 1. The maximum absolute atomic E-state index is 14.9. The Bertz CT molecular complexity index is 877. The quantitative estimate of drug-likeness (QED) is 0.768. The van der Waals surface area contributed by atoms with Gasteiger partial charge in [-0.3, -0.25) is 5.10 Å². The molecule has 3 aromatic rings. The molecular formula is C18H21F2N3O. The molecule has 4 rings (SSSR count). The molecule has 128 valence electrons. The Morgan fingerprint density at radius 3 is 2.75 bits per heavy atom. The standard InChI is InChI=1S/C18H21F2N3O/c1-10(19)11(2)23-15(12-3-5-24-6-4-12)8-14-16(23)7-13-9-21-22-18(13)17(14)20/h7-12H,3-6H2,1-2H3,(H,21,22)/t10?,11-/m0/s1. The molecule has 2 atom stereocenters. The van der Waals surface area contributed by atoms with Crippen molar-refractivity contribution in [2.45, 2.75) is 44.8 Å². The van der Waals surface area contributed by atoms with Gasteiger partial charge in [0.2, 0.25) is 0 Å². The number of alkyl halides is 1. The first-order valence-corrected chi connectivity index (χ1v) is 8.46. The molecule has 1 aliphatic heterocycles. The van der Waals surface area contributed by atoms with E-state index in [1.54, 1.807) is 13.1 Å². The van der Waals surface area contributed by atoms with Gasteiger partial charge < -0.3 is 9.30 Å². The van der Waals surface area contributed by atoms with Crippen LogP contribution in [0.4, 0.5) is 8.78 Å². The van der Waals surface area contributed by atoms with Crippen LogP contribution in [0.5, 0.6) is 0 Å². The average molecular weight is 333 g/mol. The van der Waals surface area contributed by atoms with Crippen molar-refractivity contribution in [3.63, 3.8) is 0 Å². The number of ether oxygens (including phenoxy) is 1. The van der Waals surface area contributed by atoms with Crippen LogP contribution >= 0.6 is 0 Å². The zero-order valence-corrected chi connectivity index (χ0v) is 13.9. The molecule has 24 heavy (non-hydrogen) atoms. The fourth-order valence-electron chi connectivity index (χ4n) is 3.71. The summed E-state index contributed by atoms with van der Waals surface area (Å²) in [5.74, 6) is -0.0472. The van der Waals surface area contributed by atoms with Gasteiger partial charge in [-0.1, -0.05) is 0 Å². The lowest BCUT2D eigenvalue weighted by atomic mass is 9.96. The van der Waals surface area contributed by atoms with Crippen LogP contribution in [0, 0.1) is 5.82 Å². The minimum absolute atomic E-state index is 0.267. The Labute approximate surface area is 138 Å². The highest BCUT2D eigenvalue weighted by Crippen LogP contribution is 2.38. The van der Waals surface area contributed by atoms with E-state index in [1.807, 2.05) is 23.6 Å². The van der Waals surface area contributed by atoms with E-state index in [1.165, 1.54) is 0 Å². The van der Waals surface area contributed by atoms with Crippen molar-refractivity contribution in [3.05, 3.63) is 29.8 Å². The lowest BCUT2D eigenvalue weighted by Gasteiger charge is -2.27. The first-order valence-electron chi connectivity index (χ1n) is 8.46. The fourth-order valence-corrected chi connectivity index (χ4v) is 3.71. The molecule has 0 spiro atoms. The molecular weight excluding hydrogens is 312 g/mol. The number of halogens is 2. The topological polar surface area (TPSA) is 42.8 Å². The van der Waals surface area contributed by atoms with Gasteiger partial charge in [-0.2, -0.15) is 5.10 Å². The molecule has 0 saturated carbocycles. The number of nitrogens with zero attached hydrogens (tertiary/aromatic N) is 2. The van der Waals surface area contributed by atoms with Crippen molar-refractivity contribution in [1.29, 1.82) is 0 Å². The van der Waals surface area contributed by atoms with Gasteiger partial charge in [0.25, 0.3) is 0 Å². The number of fused-ring (bicyclic) bond motifs is 2. The van der Waals surface area contributed by atoms with E-state index < -0.39 is 6.17 Å². The van der Waals surface area contributed by atoms with Crippen LogP contribution in [-0.2, 0) is 4.74 Å². The summed E-state index contributed by atoms with van der Waals surface area (Å²) in [7, 11) is 0. The van der Waals surface area contributed by atoms with E-state index in [0.29, 0.717) is 29.5 Å². The number of hydrogen-bond donors (Lipinski definition) is 1. The summed E-state index contributed by atoms with van der Waals surface area (Å²) in [6, 6.07) is 3.43. The summed E-state index contributed by atoms with van der Waals surface area (Å²) in [6.45, 7) is 4.79. The molecule has 3 heterocycles.